The fourth-order valence-electron chi connectivity index (χ4n) is 2.94. The normalized spacial score (nSPS) is 32.8. The summed E-state index contributed by atoms with van der Waals surface area (Å²) in [5.41, 5.74) is 1.21. The molecule has 13 heavy (non-hydrogen) atoms. The Bertz CT molecular complexity index is 174. The smallest absolute Gasteiger partial charge is 0.0300 e. The van der Waals surface area contributed by atoms with E-state index in [-0.39, 0.29) is 0 Å². The van der Waals surface area contributed by atoms with E-state index in [1.54, 1.807) is 0 Å². The average Bonchev–Trinajstić information content (AvgIpc) is 2.13. The van der Waals surface area contributed by atoms with Crippen molar-refractivity contribution in [2.24, 2.45) is 22.7 Å². The first kappa shape index (κ1) is 11.1. The SMILES string of the molecule is CCC(C)(CC)C1CC(C)(C)C1C. The molecule has 0 aromatic carbocycles. The van der Waals surface area contributed by atoms with Crippen LogP contribution in [0.1, 0.15) is 60.8 Å². The Morgan fingerprint density at radius 2 is 1.69 bits per heavy atom. The number of hydrogen-bond donors (Lipinski definition) is 0. The van der Waals surface area contributed by atoms with Crippen molar-refractivity contribution in [1.82, 2.24) is 0 Å². The number of rotatable bonds is 3. The van der Waals surface area contributed by atoms with Crippen LogP contribution in [-0.2, 0) is 0 Å². The highest BCUT2D eigenvalue weighted by Gasteiger charge is 2.50. The van der Waals surface area contributed by atoms with Gasteiger partial charge >= 0.3 is 0 Å². The van der Waals surface area contributed by atoms with Gasteiger partial charge in [-0.1, -0.05) is 54.4 Å². The summed E-state index contributed by atoms with van der Waals surface area (Å²) in [7, 11) is 0. The van der Waals surface area contributed by atoms with Gasteiger partial charge < -0.3 is 0 Å². The summed E-state index contributed by atoms with van der Waals surface area (Å²) < 4.78 is 0. The zero-order chi connectivity index (χ0) is 10.3. The molecule has 0 N–H and O–H groups in total. The van der Waals surface area contributed by atoms with Gasteiger partial charge in [0.05, 0.1) is 0 Å². The molecule has 0 aromatic heterocycles. The van der Waals surface area contributed by atoms with Crippen LogP contribution in [-0.4, -0.2) is 0 Å². The molecule has 2 unspecified atom stereocenters. The summed E-state index contributed by atoms with van der Waals surface area (Å²) in [6, 6.07) is 0. The topological polar surface area (TPSA) is 0 Å². The molecule has 0 heterocycles. The molecule has 1 aliphatic rings. The molecule has 0 amide bonds. The van der Waals surface area contributed by atoms with E-state index < -0.39 is 0 Å². The third-order valence-corrected chi connectivity index (χ3v) is 5.09. The quantitative estimate of drug-likeness (QED) is 0.603. The fourth-order valence-corrected chi connectivity index (χ4v) is 2.94. The second-order valence-corrected chi connectivity index (χ2v) is 5.95. The maximum Gasteiger partial charge on any atom is -0.0300 e. The van der Waals surface area contributed by atoms with E-state index in [2.05, 4.69) is 41.5 Å². The Hall–Kier alpha value is 0. The first-order valence-corrected chi connectivity index (χ1v) is 5.87. The Balaban J connectivity index is 2.66. The summed E-state index contributed by atoms with van der Waals surface area (Å²) in [5.74, 6) is 1.88. The minimum Gasteiger partial charge on any atom is -0.0649 e. The van der Waals surface area contributed by atoms with Crippen LogP contribution < -0.4 is 0 Å². The third kappa shape index (κ3) is 1.65. The maximum atomic E-state index is 2.48. The standard InChI is InChI=1S/C13H26/c1-7-13(6,8-2)11-9-12(4,5)10(11)3/h10-11H,7-9H2,1-6H3. The maximum absolute atomic E-state index is 2.48. The monoisotopic (exact) mass is 182 g/mol. The lowest BCUT2D eigenvalue weighted by atomic mass is 9.48. The zero-order valence-electron chi connectivity index (χ0n) is 10.3. The fraction of sp³-hybridized carbons (Fsp3) is 1.00. The van der Waals surface area contributed by atoms with E-state index in [0.29, 0.717) is 10.8 Å². The van der Waals surface area contributed by atoms with Gasteiger partial charge in [0, 0.05) is 0 Å². The lowest BCUT2D eigenvalue weighted by Gasteiger charge is -2.57. The largest absolute Gasteiger partial charge is 0.0649 e. The lowest BCUT2D eigenvalue weighted by Crippen LogP contribution is -2.49. The lowest BCUT2D eigenvalue weighted by molar-refractivity contribution is -0.0789. The van der Waals surface area contributed by atoms with Gasteiger partial charge in [-0.05, 0) is 29.1 Å². The molecule has 0 aliphatic heterocycles. The zero-order valence-corrected chi connectivity index (χ0v) is 10.3. The minimum absolute atomic E-state index is 0.606. The molecule has 0 saturated heterocycles. The van der Waals surface area contributed by atoms with Gasteiger partial charge in [0.2, 0.25) is 0 Å². The molecule has 0 nitrogen and oxygen atoms in total. The Kier molecular flexibility index (Phi) is 2.81. The van der Waals surface area contributed by atoms with Crippen LogP contribution in [0, 0.1) is 22.7 Å². The molecule has 78 valence electrons. The first-order valence-electron chi connectivity index (χ1n) is 5.87. The van der Waals surface area contributed by atoms with Gasteiger partial charge in [0.25, 0.3) is 0 Å². The summed E-state index contributed by atoms with van der Waals surface area (Å²) in [6.45, 7) is 14.4. The molecule has 2 atom stereocenters. The molecule has 0 radical (unpaired) electrons. The second kappa shape index (κ2) is 3.29. The summed E-state index contributed by atoms with van der Waals surface area (Å²) in [5, 5.41) is 0. The molecule has 0 heteroatoms. The van der Waals surface area contributed by atoms with Crippen molar-refractivity contribution >= 4 is 0 Å². The van der Waals surface area contributed by atoms with Crippen molar-refractivity contribution < 1.29 is 0 Å². The van der Waals surface area contributed by atoms with Crippen LogP contribution >= 0.6 is 0 Å². The van der Waals surface area contributed by atoms with E-state index in [4.69, 9.17) is 0 Å². The molecule has 1 saturated carbocycles. The van der Waals surface area contributed by atoms with Crippen LogP contribution in [0.3, 0.4) is 0 Å². The molecular formula is C13H26. The first-order chi connectivity index (χ1) is 5.87. The molecule has 1 fully saturated rings. The van der Waals surface area contributed by atoms with E-state index >= 15 is 0 Å². The Labute approximate surface area is 84.1 Å². The van der Waals surface area contributed by atoms with Gasteiger partial charge in [-0.2, -0.15) is 0 Å². The van der Waals surface area contributed by atoms with Crippen molar-refractivity contribution in [1.29, 1.82) is 0 Å². The van der Waals surface area contributed by atoms with Gasteiger partial charge in [-0.25, -0.2) is 0 Å². The molecule has 0 bridgehead atoms. The summed E-state index contributed by atoms with van der Waals surface area (Å²) in [6.07, 6.45) is 4.12. The summed E-state index contributed by atoms with van der Waals surface area (Å²) in [4.78, 5) is 0. The van der Waals surface area contributed by atoms with Gasteiger partial charge in [-0.3, -0.25) is 0 Å². The van der Waals surface area contributed by atoms with Crippen molar-refractivity contribution in [2.45, 2.75) is 60.8 Å². The van der Waals surface area contributed by atoms with Gasteiger partial charge in [-0.15, -0.1) is 0 Å². The van der Waals surface area contributed by atoms with Crippen molar-refractivity contribution in [2.75, 3.05) is 0 Å². The van der Waals surface area contributed by atoms with E-state index in [9.17, 15) is 0 Å². The van der Waals surface area contributed by atoms with E-state index in [1.807, 2.05) is 0 Å². The molecule has 1 rings (SSSR count). The number of hydrogen-bond acceptors (Lipinski definition) is 0. The van der Waals surface area contributed by atoms with Crippen molar-refractivity contribution in [3.8, 4) is 0 Å². The van der Waals surface area contributed by atoms with Crippen LogP contribution in [0.25, 0.3) is 0 Å². The van der Waals surface area contributed by atoms with Crippen LogP contribution in [0.2, 0.25) is 0 Å². The minimum atomic E-state index is 0.606. The molecule has 0 spiro atoms. The van der Waals surface area contributed by atoms with Crippen molar-refractivity contribution in [3.63, 3.8) is 0 Å². The average molecular weight is 182 g/mol. The Morgan fingerprint density at radius 1 is 1.23 bits per heavy atom. The highest BCUT2D eigenvalue weighted by atomic mass is 14.6. The van der Waals surface area contributed by atoms with Crippen LogP contribution in [0.15, 0.2) is 0 Å². The molecule has 0 aromatic rings. The second-order valence-electron chi connectivity index (χ2n) is 5.95. The highest BCUT2D eigenvalue weighted by Crippen LogP contribution is 2.59. The third-order valence-electron chi connectivity index (χ3n) is 5.09. The van der Waals surface area contributed by atoms with Crippen LogP contribution in [0.5, 0.6) is 0 Å². The predicted octanol–water partition coefficient (Wildman–Crippen LogP) is 4.49. The predicted molar refractivity (Wildman–Crippen MR) is 59.7 cm³/mol. The van der Waals surface area contributed by atoms with E-state index in [0.717, 1.165) is 11.8 Å². The Morgan fingerprint density at radius 3 is 1.92 bits per heavy atom. The van der Waals surface area contributed by atoms with E-state index in [1.165, 1.54) is 19.3 Å². The highest BCUT2D eigenvalue weighted by molar-refractivity contribution is 4.99. The molecular weight excluding hydrogens is 156 g/mol. The molecule has 1 aliphatic carbocycles. The summed E-state index contributed by atoms with van der Waals surface area (Å²) >= 11 is 0. The van der Waals surface area contributed by atoms with Gasteiger partial charge in [0.15, 0.2) is 0 Å². The van der Waals surface area contributed by atoms with Crippen LogP contribution in [0.4, 0.5) is 0 Å². The van der Waals surface area contributed by atoms with Crippen molar-refractivity contribution in [3.05, 3.63) is 0 Å². The van der Waals surface area contributed by atoms with Gasteiger partial charge in [0.1, 0.15) is 0 Å².